The summed E-state index contributed by atoms with van der Waals surface area (Å²) >= 11 is 0. The van der Waals surface area contributed by atoms with Crippen LogP contribution in [-0.2, 0) is 26.5 Å². The Kier molecular flexibility index (Phi) is 6.76. The van der Waals surface area contributed by atoms with Crippen LogP contribution in [0.1, 0.15) is 24.8 Å². The Morgan fingerprint density at radius 3 is 2.69 bits per heavy atom. The average Bonchev–Trinajstić information content (AvgIpc) is 2.72. The maximum absolute atomic E-state index is 13.0. The van der Waals surface area contributed by atoms with E-state index in [2.05, 4.69) is 14.7 Å². The highest BCUT2D eigenvalue weighted by molar-refractivity contribution is 7.61. The van der Waals surface area contributed by atoms with E-state index in [1.807, 2.05) is 24.3 Å². The first-order chi connectivity index (χ1) is 13.9. The normalized spacial score (nSPS) is 15.0. The van der Waals surface area contributed by atoms with Crippen molar-refractivity contribution in [2.75, 3.05) is 25.4 Å². The first-order valence-corrected chi connectivity index (χ1v) is 10.5. The highest BCUT2D eigenvalue weighted by Gasteiger charge is 2.27. The second kappa shape index (κ2) is 9.46. The Morgan fingerprint density at radius 1 is 1.21 bits per heavy atom. The molecule has 1 atom stereocenters. The van der Waals surface area contributed by atoms with Gasteiger partial charge in [-0.05, 0) is 36.3 Å². The van der Waals surface area contributed by atoms with Gasteiger partial charge in [-0.2, -0.15) is 12.8 Å². The van der Waals surface area contributed by atoms with Gasteiger partial charge in [-0.25, -0.2) is 4.98 Å². The number of hydrogen-bond donors (Lipinski definition) is 2. The van der Waals surface area contributed by atoms with E-state index in [4.69, 9.17) is 5.73 Å². The molecule has 9 nitrogen and oxygen atoms in total. The number of nitrogens with zero attached hydrogens (tertiary/aromatic N) is 3. The molecule has 2 amide bonds. The molecule has 1 unspecified atom stereocenters. The summed E-state index contributed by atoms with van der Waals surface area (Å²) in [6.07, 6.45) is 4.83. The molecule has 2 heterocycles. The molecular formula is C19H23N5O4S. The number of likely N-dealkylation sites (tertiary alicyclic amines) is 1. The smallest absolute Gasteiger partial charge is 0.311 e. The maximum Gasteiger partial charge on any atom is 0.311 e. The lowest BCUT2D eigenvalue weighted by atomic mass is 10.0. The summed E-state index contributed by atoms with van der Waals surface area (Å²) in [5.74, 6) is -0.357. The van der Waals surface area contributed by atoms with Gasteiger partial charge in [0.15, 0.2) is 0 Å². The number of anilines is 1. The number of fused-ring (bicyclic) bond motifs is 1. The first kappa shape index (κ1) is 20.7. The number of piperidine rings is 1. The first-order valence-electron chi connectivity index (χ1n) is 9.42. The Labute approximate surface area is 170 Å². The van der Waals surface area contributed by atoms with E-state index in [0.717, 1.165) is 35.6 Å². The van der Waals surface area contributed by atoms with Crippen molar-refractivity contribution in [1.29, 1.82) is 0 Å². The van der Waals surface area contributed by atoms with E-state index in [0.29, 0.717) is 18.9 Å². The van der Waals surface area contributed by atoms with Crippen LogP contribution in [0.3, 0.4) is 0 Å². The van der Waals surface area contributed by atoms with Crippen LogP contribution in [0.5, 0.6) is 0 Å². The van der Waals surface area contributed by atoms with E-state index in [-0.39, 0.29) is 12.3 Å². The lowest BCUT2D eigenvalue weighted by Crippen LogP contribution is -2.51. The third kappa shape index (κ3) is 5.50. The molecule has 0 bridgehead atoms. The summed E-state index contributed by atoms with van der Waals surface area (Å²) in [7, 11) is -2.67. The zero-order valence-corrected chi connectivity index (χ0v) is 16.7. The van der Waals surface area contributed by atoms with Crippen molar-refractivity contribution in [2.24, 2.45) is 4.36 Å². The molecule has 1 fully saturated rings. The molecule has 29 heavy (non-hydrogen) atoms. The van der Waals surface area contributed by atoms with Crippen molar-refractivity contribution in [3.05, 3.63) is 36.0 Å². The molecule has 1 aromatic carbocycles. The van der Waals surface area contributed by atoms with Crippen molar-refractivity contribution in [2.45, 2.75) is 31.7 Å². The molecule has 1 saturated heterocycles. The van der Waals surface area contributed by atoms with Gasteiger partial charge in [-0.3, -0.25) is 9.59 Å². The van der Waals surface area contributed by atoms with Gasteiger partial charge in [0, 0.05) is 31.1 Å². The third-order valence-corrected chi connectivity index (χ3v) is 5.25. The van der Waals surface area contributed by atoms with Crippen LogP contribution in [0.4, 0.5) is 5.82 Å². The molecule has 10 heteroatoms. The van der Waals surface area contributed by atoms with Crippen molar-refractivity contribution >= 4 is 38.9 Å². The van der Waals surface area contributed by atoms with Gasteiger partial charge in [0.25, 0.3) is 0 Å². The van der Waals surface area contributed by atoms with Crippen LogP contribution in [0.25, 0.3) is 10.8 Å². The second-order valence-corrected chi connectivity index (χ2v) is 7.66. The fraction of sp³-hybridized carbons (Fsp3) is 0.421. The van der Waals surface area contributed by atoms with Gasteiger partial charge in [0.2, 0.25) is 11.8 Å². The molecule has 3 rings (SSSR count). The van der Waals surface area contributed by atoms with E-state index >= 15 is 0 Å². The lowest BCUT2D eigenvalue weighted by molar-refractivity contribution is -0.136. The summed E-state index contributed by atoms with van der Waals surface area (Å²) < 4.78 is 24.3. The van der Waals surface area contributed by atoms with E-state index in [9.17, 15) is 18.0 Å². The minimum absolute atomic E-state index is 0.171. The number of carbonyl (C=O) groups excluding carboxylic acids is 2. The summed E-state index contributed by atoms with van der Waals surface area (Å²) in [4.78, 5) is 31.0. The van der Waals surface area contributed by atoms with Crippen LogP contribution in [0.2, 0.25) is 0 Å². The highest BCUT2D eigenvalue weighted by atomic mass is 32.2. The van der Waals surface area contributed by atoms with Gasteiger partial charge >= 0.3 is 10.5 Å². The molecular weight excluding hydrogens is 394 g/mol. The van der Waals surface area contributed by atoms with E-state index in [1.54, 1.807) is 11.1 Å². The summed E-state index contributed by atoms with van der Waals surface area (Å²) in [5.41, 5.74) is 6.74. The monoisotopic (exact) mass is 417 g/mol. The van der Waals surface area contributed by atoms with Gasteiger partial charge in [-0.15, -0.1) is 0 Å². The van der Waals surface area contributed by atoms with Gasteiger partial charge < -0.3 is 16.0 Å². The number of pyridine rings is 1. The van der Waals surface area contributed by atoms with Crippen LogP contribution >= 0.6 is 0 Å². The second-order valence-electron chi connectivity index (χ2n) is 6.97. The molecule has 1 aromatic heterocycles. The van der Waals surface area contributed by atoms with Crippen molar-refractivity contribution < 1.29 is 18.0 Å². The molecule has 0 radical (unpaired) electrons. The van der Waals surface area contributed by atoms with Gasteiger partial charge in [0.05, 0.1) is 0 Å². The predicted molar refractivity (Wildman–Crippen MR) is 108 cm³/mol. The van der Waals surface area contributed by atoms with Crippen LogP contribution in [-0.4, -0.2) is 55.8 Å². The molecule has 2 aromatic rings. The topological polar surface area (TPSA) is 135 Å². The third-order valence-electron chi connectivity index (χ3n) is 4.91. The summed E-state index contributed by atoms with van der Waals surface area (Å²) in [6, 6.07) is 6.63. The Bertz CT molecular complexity index is 1040. The van der Waals surface area contributed by atoms with Crippen LogP contribution in [0, 0.1) is 0 Å². The number of rotatable bonds is 6. The zero-order chi connectivity index (χ0) is 20.8. The molecule has 3 N–H and O–H groups in total. The Hall–Kier alpha value is -3.01. The largest absolute Gasteiger partial charge is 0.383 e. The standard InChI is InChI=1S/C19H23N5O4S/c20-18-15-5-4-13(10-14(15)6-7-21-18)11-16(23-17(25)12-22-29(27)28)19(26)24-8-2-1-3-9-24/h4-7,10,16H,1-3,8-9,11-12H2,(H2,20,21)(H,23,25). The van der Waals surface area contributed by atoms with Crippen molar-refractivity contribution in [3.8, 4) is 0 Å². The van der Waals surface area contributed by atoms with Crippen LogP contribution in [0.15, 0.2) is 34.8 Å². The lowest BCUT2D eigenvalue weighted by Gasteiger charge is -2.30. The number of carbonyl (C=O) groups is 2. The number of nitrogens with two attached hydrogens (primary N) is 1. The molecule has 1 aliphatic rings. The van der Waals surface area contributed by atoms with Gasteiger partial charge in [-0.1, -0.05) is 18.2 Å². The van der Waals surface area contributed by atoms with Crippen molar-refractivity contribution in [3.63, 3.8) is 0 Å². The molecule has 154 valence electrons. The van der Waals surface area contributed by atoms with Crippen LogP contribution < -0.4 is 11.1 Å². The maximum atomic E-state index is 13.0. The minimum atomic E-state index is -2.67. The van der Waals surface area contributed by atoms with Gasteiger partial charge in [0.1, 0.15) is 18.4 Å². The molecule has 0 saturated carbocycles. The predicted octanol–water partition coefficient (Wildman–Crippen LogP) is 0.919. The van der Waals surface area contributed by atoms with E-state index in [1.165, 1.54) is 0 Å². The summed E-state index contributed by atoms with van der Waals surface area (Å²) in [6.45, 7) is 0.764. The van der Waals surface area contributed by atoms with E-state index < -0.39 is 29.0 Å². The quantitative estimate of drug-likeness (QED) is 0.718. The Morgan fingerprint density at radius 2 is 1.97 bits per heavy atom. The van der Waals surface area contributed by atoms with Crippen molar-refractivity contribution in [1.82, 2.24) is 15.2 Å². The zero-order valence-electron chi connectivity index (χ0n) is 15.9. The number of hydrogen-bond acceptors (Lipinski definition) is 7. The number of benzene rings is 1. The Balaban J connectivity index is 1.82. The average molecular weight is 417 g/mol. The number of nitrogen functional groups attached to an aromatic ring is 1. The minimum Gasteiger partial charge on any atom is -0.383 e. The number of nitrogens with one attached hydrogen (secondary N) is 1. The molecule has 0 spiro atoms. The highest BCUT2D eigenvalue weighted by Crippen LogP contribution is 2.21. The fourth-order valence-electron chi connectivity index (χ4n) is 3.50. The number of amides is 2. The summed E-state index contributed by atoms with van der Waals surface area (Å²) in [5, 5.41) is 4.35. The number of aromatic nitrogens is 1. The SMILES string of the molecule is Nc1nccc2cc(CC(NC(=O)CN=S(=O)=O)C(=O)N3CCCCC3)ccc12. The molecule has 0 aliphatic carbocycles. The molecule has 1 aliphatic heterocycles. The fourth-order valence-corrected chi connectivity index (χ4v) is 3.72.